The van der Waals surface area contributed by atoms with E-state index in [1.807, 2.05) is 12.1 Å². The first kappa shape index (κ1) is 13.7. The maximum atomic E-state index is 4.54. The van der Waals surface area contributed by atoms with E-state index in [1.54, 1.807) is 18.6 Å². The smallest absolute Gasteiger partial charge is 0.247 e. The van der Waals surface area contributed by atoms with E-state index in [1.165, 1.54) is 0 Å². The molecule has 1 fully saturated rings. The third-order valence-electron chi connectivity index (χ3n) is 3.56. The molecule has 7 nitrogen and oxygen atoms in total. The minimum absolute atomic E-state index is 0.697. The molecule has 0 atom stereocenters. The van der Waals surface area contributed by atoms with Crippen LogP contribution < -0.4 is 10.2 Å². The van der Waals surface area contributed by atoms with Gasteiger partial charge < -0.3 is 15.1 Å². The standard InChI is InChI=1S/C14H19N7/c1-20-6-8-21(9-7-20)14-18-13(11-17-19-14)16-10-12-2-4-15-5-3-12/h2-5,11H,6-10H2,1H3,(H,16,18,19). The molecule has 1 aliphatic heterocycles. The largest absolute Gasteiger partial charge is 0.365 e. The van der Waals surface area contributed by atoms with Crippen molar-refractivity contribution in [3.63, 3.8) is 0 Å². The third-order valence-corrected chi connectivity index (χ3v) is 3.56. The second-order valence-electron chi connectivity index (χ2n) is 5.14. The first-order valence-electron chi connectivity index (χ1n) is 7.07. The molecule has 0 spiro atoms. The molecule has 1 saturated heterocycles. The zero-order valence-corrected chi connectivity index (χ0v) is 12.1. The summed E-state index contributed by atoms with van der Waals surface area (Å²) in [6.07, 6.45) is 5.22. The highest BCUT2D eigenvalue weighted by Gasteiger charge is 2.17. The third kappa shape index (κ3) is 3.63. The van der Waals surface area contributed by atoms with Gasteiger partial charge in [0.05, 0.1) is 6.20 Å². The maximum absolute atomic E-state index is 4.54. The highest BCUT2D eigenvalue weighted by molar-refractivity contribution is 5.39. The Morgan fingerprint density at radius 1 is 1.14 bits per heavy atom. The van der Waals surface area contributed by atoms with E-state index in [4.69, 9.17) is 0 Å². The molecule has 0 saturated carbocycles. The van der Waals surface area contributed by atoms with Crippen molar-refractivity contribution in [2.75, 3.05) is 43.4 Å². The molecule has 0 aliphatic carbocycles. The van der Waals surface area contributed by atoms with E-state index < -0.39 is 0 Å². The number of anilines is 2. The molecule has 3 rings (SSSR count). The summed E-state index contributed by atoms with van der Waals surface area (Å²) >= 11 is 0. The SMILES string of the molecule is CN1CCN(c2nncc(NCc3ccncc3)n2)CC1. The zero-order chi connectivity index (χ0) is 14.5. The van der Waals surface area contributed by atoms with Gasteiger partial charge in [0.1, 0.15) is 0 Å². The average Bonchev–Trinajstić information content (AvgIpc) is 2.55. The minimum atomic E-state index is 0.697. The number of pyridine rings is 1. The van der Waals surface area contributed by atoms with Crippen molar-refractivity contribution in [2.45, 2.75) is 6.54 Å². The molecule has 1 aliphatic rings. The number of hydrogen-bond donors (Lipinski definition) is 1. The lowest BCUT2D eigenvalue weighted by Gasteiger charge is -2.32. The van der Waals surface area contributed by atoms with Crippen LogP contribution in [0.3, 0.4) is 0 Å². The van der Waals surface area contributed by atoms with E-state index in [-0.39, 0.29) is 0 Å². The molecular formula is C14H19N7. The predicted octanol–water partition coefficient (Wildman–Crippen LogP) is 0.630. The molecule has 0 unspecified atom stereocenters. The Bertz CT molecular complexity index is 567. The van der Waals surface area contributed by atoms with E-state index in [9.17, 15) is 0 Å². The molecule has 3 heterocycles. The van der Waals surface area contributed by atoms with Gasteiger partial charge >= 0.3 is 0 Å². The molecular weight excluding hydrogens is 266 g/mol. The molecule has 0 aromatic carbocycles. The average molecular weight is 285 g/mol. The summed E-state index contributed by atoms with van der Waals surface area (Å²) in [5, 5.41) is 11.5. The molecule has 2 aromatic rings. The monoisotopic (exact) mass is 285 g/mol. The Kier molecular flexibility index (Phi) is 4.20. The molecule has 110 valence electrons. The van der Waals surface area contributed by atoms with Gasteiger partial charge in [0, 0.05) is 45.1 Å². The normalized spacial score (nSPS) is 16.0. The van der Waals surface area contributed by atoms with E-state index in [0.29, 0.717) is 12.5 Å². The van der Waals surface area contributed by atoms with Gasteiger partial charge in [-0.2, -0.15) is 10.1 Å². The van der Waals surface area contributed by atoms with Gasteiger partial charge in [-0.1, -0.05) is 0 Å². The number of rotatable bonds is 4. The molecule has 0 amide bonds. The van der Waals surface area contributed by atoms with Crippen molar-refractivity contribution in [1.29, 1.82) is 0 Å². The summed E-state index contributed by atoms with van der Waals surface area (Å²) in [7, 11) is 2.13. The highest BCUT2D eigenvalue weighted by Crippen LogP contribution is 2.12. The zero-order valence-electron chi connectivity index (χ0n) is 12.1. The Balaban J connectivity index is 1.63. The maximum Gasteiger partial charge on any atom is 0.247 e. The van der Waals surface area contributed by atoms with Crippen LogP contribution in [0.2, 0.25) is 0 Å². The fourth-order valence-electron chi connectivity index (χ4n) is 2.21. The molecule has 2 aromatic heterocycles. The van der Waals surface area contributed by atoms with Crippen LogP contribution in [0.5, 0.6) is 0 Å². The van der Waals surface area contributed by atoms with Gasteiger partial charge in [-0.25, -0.2) is 0 Å². The van der Waals surface area contributed by atoms with Crippen LogP contribution >= 0.6 is 0 Å². The number of likely N-dealkylation sites (N-methyl/N-ethyl adjacent to an activating group) is 1. The fraction of sp³-hybridized carbons (Fsp3) is 0.429. The van der Waals surface area contributed by atoms with Crippen LogP contribution in [-0.2, 0) is 6.54 Å². The van der Waals surface area contributed by atoms with Crippen LogP contribution in [0.25, 0.3) is 0 Å². The summed E-state index contributed by atoms with van der Waals surface area (Å²) in [6, 6.07) is 3.95. The van der Waals surface area contributed by atoms with Crippen LogP contribution in [0.1, 0.15) is 5.56 Å². The number of nitrogens with one attached hydrogen (secondary N) is 1. The Morgan fingerprint density at radius 2 is 1.90 bits per heavy atom. The number of aromatic nitrogens is 4. The lowest BCUT2D eigenvalue weighted by Crippen LogP contribution is -2.45. The van der Waals surface area contributed by atoms with Crippen molar-refractivity contribution in [1.82, 2.24) is 25.1 Å². The van der Waals surface area contributed by atoms with Gasteiger partial charge in [0.25, 0.3) is 0 Å². The molecule has 0 bridgehead atoms. The highest BCUT2D eigenvalue weighted by atomic mass is 15.4. The summed E-state index contributed by atoms with van der Waals surface area (Å²) in [4.78, 5) is 13.0. The Morgan fingerprint density at radius 3 is 2.67 bits per heavy atom. The second-order valence-corrected chi connectivity index (χ2v) is 5.14. The first-order valence-corrected chi connectivity index (χ1v) is 7.07. The predicted molar refractivity (Wildman–Crippen MR) is 81.1 cm³/mol. The van der Waals surface area contributed by atoms with Gasteiger partial charge in [0.15, 0.2) is 5.82 Å². The van der Waals surface area contributed by atoms with Gasteiger partial charge in [-0.05, 0) is 24.7 Å². The van der Waals surface area contributed by atoms with Crippen molar-refractivity contribution < 1.29 is 0 Å². The van der Waals surface area contributed by atoms with Crippen molar-refractivity contribution >= 4 is 11.8 Å². The van der Waals surface area contributed by atoms with Gasteiger partial charge in [-0.15, -0.1) is 5.10 Å². The Labute approximate surface area is 124 Å². The number of hydrogen-bond acceptors (Lipinski definition) is 7. The molecule has 1 N–H and O–H groups in total. The molecule has 7 heteroatoms. The quantitative estimate of drug-likeness (QED) is 0.883. The number of nitrogens with zero attached hydrogens (tertiary/aromatic N) is 6. The summed E-state index contributed by atoms with van der Waals surface area (Å²) < 4.78 is 0. The van der Waals surface area contributed by atoms with Crippen molar-refractivity contribution in [3.05, 3.63) is 36.3 Å². The molecule has 0 radical (unpaired) electrons. The van der Waals surface area contributed by atoms with Crippen LogP contribution in [0.15, 0.2) is 30.7 Å². The first-order chi connectivity index (χ1) is 10.3. The fourth-order valence-corrected chi connectivity index (χ4v) is 2.21. The second kappa shape index (κ2) is 6.45. The van der Waals surface area contributed by atoms with E-state index >= 15 is 0 Å². The summed E-state index contributed by atoms with van der Waals surface area (Å²) in [6.45, 7) is 4.62. The molecule has 21 heavy (non-hydrogen) atoms. The van der Waals surface area contributed by atoms with Crippen LogP contribution in [-0.4, -0.2) is 58.3 Å². The van der Waals surface area contributed by atoms with Gasteiger partial charge in [-0.3, -0.25) is 4.98 Å². The summed E-state index contributed by atoms with van der Waals surface area (Å²) in [5.41, 5.74) is 1.16. The van der Waals surface area contributed by atoms with E-state index in [2.05, 4.69) is 42.3 Å². The van der Waals surface area contributed by atoms with Crippen LogP contribution in [0, 0.1) is 0 Å². The topological polar surface area (TPSA) is 70.1 Å². The van der Waals surface area contributed by atoms with Crippen molar-refractivity contribution in [2.24, 2.45) is 0 Å². The van der Waals surface area contributed by atoms with Gasteiger partial charge in [0.2, 0.25) is 5.95 Å². The lowest BCUT2D eigenvalue weighted by atomic mass is 10.3. The van der Waals surface area contributed by atoms with Crippen LogP contribution in [0.4, 0.5) is 11.8 Å². The van der Waals surface area contributed by atoms with E-state index in [0.717, 1.165) is 37.6 Å². The minimum Gasteiger partial charge on any atom is -0.365 e. The number of piperazine rings is 1. The summed E-state index contributed by atoms with van der Waals surface area (Å²) in [5.74, 6) is 1.44. The van der Waals surface area contributed by atoms with Crippen molar-refractivity contribution in [3.8, 4) is 0 Å². The lowest BCUT2D eigenvalue weighted by molar-refractivity contribution is 0.311. The Hall–Kier alpha value is -2.28.